The maximum atomic E-state index is 12.2. The first kappa shape index (κ1) is 30.4. The van der Waals surface area contributed by atoms with E-state index in [0.29, 0.717) is 41.3 Å². The van der Waals surface area contributed by atoms with Crippen LogP contribution in [0.4, 0.5) is 4.79 Å². The van der Waals surface area contributed by atoms with E-state index in [1.165, 1.54) is 13.3 Å². The number of hydrogen-bond donors (Lipinski definition) is 1. The number of nitrogens with zero attached hydrogens (tertiary/aromatic N) is 3. The van der Waals surface area contributed by atoms with Crippen molar-refractivity contribution >= 4 is 42.8 Å². The largest absolute Gasteiger partial charge is 0.467 e. The van der Waals surface area contributed by atoms with Gasteiger partial charge in [0, 0.05) is 39.1 Å². The van der Waals surface area contributed by atoms with E-state index in [4.69, 9.17) is 30.5 Å². The number of aromatic nitrogens is 3. The number of alkyl carbamates (subject to hydrolysis) is 1. The summed E-state index contributed by atoms with van der Waals surface area (Å²) in [5, 5.41) is 3.61. The first-order chi connectivity index (χ1) is 18.2. The van der Waals surface area contributed by atoms with Gasteiger partial charge < -0.3 is 28.8 Å². The Hall–Kier alpha value is -3.15. The van der Waals surface area contributed by atoms with E-state index in [1.807, 2.05) is 16.8 Å². The number of carbonyl (C=O) groups is 2. The van der Waals surface area contributed by atoms with Gasteiger partial charge in [0.1, 0.15) is 40.7 Å². The quantitative estimate of drug-likeness (QED) is 0.132. The summed E-state index contributed by atoms with van der Waals surface area (Å²) in [6.07, 6.45) is 2.82. The highest BCUT2D eigenvalue weighted by Gasteiger charge is 2.26. The zero-order chi connectivity index (χ0) is 28.8. The fourth-order valence-corrected chi connectivity index (χ4v) is 4.48. The number of carbonyl (C=O) groups excluding carboxylic acids is 2. The van der Waals surface area contributed by atoms with E-state index >= 15 is 0 Å². The van der Waals surface area contributed by atoms with Crippen LogP contribution in [-0.2, 0) is 32.2 Å². The second-order valence-electron chi connectivity index (χ2n) is 11.3. The minimum atomic E-state index is -1.18. The molecule has 0 aliphatic heterocycles. The van der Waals surface area contributed by atoms with Gasteiger partial charge in [0.15, 0.2) is 0 Å². The molecule has 39 heavy (non-hydrogen) atoms. The molecule has 212 valence electrons. The van der Waals surface area contributed by atoms with Crippen LogP contribution in [0.1, 0.15) is 26.5 Å². The Bertz CT molecular complexity index is 1280. The number of amides is 1. The standard InChI is InChI=1S/C27H37ClN4O6Si/c1-27(2,3)38-26(34)30-21(25(33)35-4)14-18-8-9-19(16-29-18)37-22-15-23(28)31-24-20(22)10-11-32(24)17-36-12-13-39(5,6)7/h8-11,15-16,21H,12-14,17H2,1-7H3,(H,30,34)/t21-/m0/s1. The molecule has 0 unspecified atom stereocenters. The average Bonchev–Trinajstić information content (AvgIpc) is 3.23. The number of esters is 1. The van der Waals surface area contributed by atoms with Gasteiger partial charge in [-0.2, -0.15) is 0 Å². The molecule has 0 aromatic carbocycles. The molecule has 0 aliphatic carbocycles. The zero-order valence-electron chi connectivity index (χ0n) is 23.5. The van der Waals surface area contributed by atoms with Gasteiger partial charge in [0.2, 0.25) is 0 Å². The van der Waals surface area contributed by atoms with Crippen LogP contribution in [0.2, 0.25) is 30.8 Å². The summed E-state index contributed by atoms with van der Waals surface area (Å²) in [7, 11) is 0.0786. The molecule has 3 aromatic rings. The summed E-state index contributed by atoms with van der Waals surface area (Å²) < 4.78 is 23.9. The fraction of sp³-hybridized carbons (Fsp3) is 0.481. The molecular formula is C27H37ClN4O6Si. The lowest BCUT2D eigenvalue weighted by Gasteiger charge is -2.22. The molecule has 0 saturated heterocycles. The second-order valence-corrected chi connectivity index (χ2v) is 17.3. The van der Waals surface area contributed by atoms with Crippen LogP contribution in [0, 0.1) is 0 Å². The summed E-state index contributed by atoms with van der Waals surface area (Å²) in [6.45, 7) is 13.2. The van der Waals surface area contributed by atoms with Crippen molar-refractivity contribution < 1.29 is 28.5 Å². The first-order valence-corrected chi connectivity index (χ1v) is 16.8. The summed E-state index contributed by atoms with van der Waals surface area (Å²) in [4.78, 5) is 33.3. The molecule has 1 amide bonds. The van der Waals surface area contributed by atoms with Crippen molar-refractivity contribution in [3.8, 4) is 11.5 Å². The molecule has 0 radical (unpaired) electrons. The highest BCUT2D eigenvalue weighted by molar-refractivity contribution is 6.76. The molecule has 0 saturated carbocycles. The molecular weight excluding hydrogens is 540 g/mol. The van der Waals surface area contributed by atoms with Crippen LogP contribution in [0.5, 0.6) is 11.5 Å². The Kier molecular flexibility index (Phi) is 9.97. The highest BCUT2D eigenvalue weighted by Crippen LogP contribution is 2.32. The maximum Gasteiger partial charge on any atom is 0.408 e. The van der Waals surface area contributed by atoms with E-state index in [-0.39, 0.29) is 6.42 Å². The fourth-order valence-electron chi connectivity index (χ4n) is 3.54. The van der Waals surface area contributed by atoms with Gasteiger partial charge in [-0.1, -0.05) is 31.2 Å². The number of fused-ring (bicyclic) bond motifs is 1. The normalized spacial score (nSPS) is 12.7. The predicted molar refractivity (Wildman–Crippen MR) is 152 cm³/mol. The smallest absolute Gasteiger partial charge is 0.408 e. The van der Waals surface area contributed by atoms with Gasteiger partial charge >= 0.3 is 12.1 Å². The molecule has 1 N–H and O–H groups in total. The monoisotopic (exact) mass is 576 g/mol. The number of halogens is 1. The molecule has 10 nitrogen and oxygen atoms in total. The minimum absolute atomic E-state index is 0.109. The number of rotatable bonds is 11. The molecule has 3 heterocycles. The third-order valence-electron chi connectivity index (χ3n) is 5.50. The van der Waals surface area contributed by atoms with Crippen molar-refractivity contribution in [2.75, 3.05) is 13.7 Å². The van der Waals surface area contributed by atoms with Crippen LogP contribution in [0.25, 0.3) is 11.0 Å². The third-order valence-corrected chi connectivity index (χ3v) is 7.40. The molecule has 3 aromatic heterocycles. The Morgan fingerprint density at radius 2 is 1.92 bits per heavy atom. The predicted octanol–water partition coefficient (Wildman–Crippen LogP) is 5.80. The Morgan fingerprint density at radius 1 is 1.18 bits per heavy atom. The van der Waals surface area contributed by atoms with Crippen LogP contribution in [-0.4, -0.2) is 60.0 Å². The van der Waals surface area contributed by atoms with Crippen molar-refractivity contribution in [1.82, 2.24) is 19.9 Å². The van der Waals surface area contributed by atoms with Gasteiger partial charge in [0.05, 0.1) is 18.7 Å². The van der Waals surface area contributed by atoms with Crippen molar-refractivity contribution in [2.24, 2.45) is 0 Å². The van der Waals surface area contributed by atoms with Crippen molar-refractivity contribution in [3.05, 3.63) is 47.5 Å². The summed E-state index contributed by atoms with van der Waals surface area (Å²) in [5.41, 5.74) is 0.503. The van der Waals surface area contributed by atoms with Gasteiger partial charge in [0.25, 0.3) is 0 Å². The highest BCUT2D eigenvalue weighted by atomic mass is 35.5. The first-order valence-electron chi connectivity index (χ1n) is 12.7. The van der Waals surface area contributed by atoms with Crippen LogP contribution in [0.3, 0.4) is 0 Å². The van der Waals surface area contributed by atoms with E-state index in [2.05, 4.69) is 34.9 Å². The molecule has 0 spiro atoms. The van der Waals surface area contributed by atoms with Gasteiger partial charge in [-0.15, -0.1) is 0 Å². The molecule has 12 heteroatoms. The van der Waals surface area contributed by atoms with Crippen LogP contribution in [0.15, 0.2) is 36.7 Å². The Labute approximate surface area is 235 Å². The van der Waals surface area contributed by atoms with E-state index in [1.54, 1.807) is 39.0 Å². The molecule has 0 aliphatic rings. The van der Waals surface area contributed by atoms with Crippen molar-refractivity contribution in [2.45, 2.75) is 71.3 Å². The van der Waals surface area contributed by atoms with Gasteiger partial charge in [-0.3, -0.25) is 4.98 Å². The summed E-state index contributed by atoms with van der Waals surface area (Å²) in [5.74, 6) is 0.390. The van der Waals surface area contributed by atoms with Crippen molar-refractivity contribution in [3.63, 3.8) is 0 Å². The number of hydrogen-bond acceptors (Lipinski definition) is 8. The Balaban J connectivity index is 1.69. The average molecular weight is 577 g/mol. The molecule has 1 atom stereocenters. The minimum Gasteiger partial charge on any atom is -0.467 e. The van der Waals surface area contributed by atoms with E-state index in [0.717, 1.165) is 11.4 Å². The lowest BCUT2D eigenvalue weighted by molar-refractivity contribution is -0.143. The molecule has 0 fully saturated rings. The van der Waals surface area contributed by atoms with Crippen molar-refractivity contribution in [1.29, 1.82) is 0 Å². The van der Waals surface area contributed by atoms with E-state index < -0.39 is 31.8 Å². The lowest BCUT2D eigenvalue weighted by Crippen LogP contribution is -2.45. The lowest BCUT2D eigenvalue weighted by atomic mass is 10.1. The molecule has 3 rings (SSSR count). The number of nitrogens with one attached hydrogen (secondary N) is 1. The molecule has 0 bridgehead atoms. The summed E-state index contributed by atoms with van der Waals surface area (Å²) >= 11 is 6.30. The number of ether oxygens (including phenoxy) is 4. The number of pyridine rings is 2. The third kappa shape index (κ3) is 9.52. The Morgan fingerprint density at radius 3 is 2.54 bits per heavy atom. The zero-order valence-corrected chi connectivity index (χ0v) is 25.3. The van der Waals surface area contributed by atoms with Crippen LogP contribution < -0.4 is 10.1 Å². The van der Waals surface area contributed by atoms with Crippen LogP contribution >= 0.6 is 11.6 Å². The topological polar surface area (TPSA) is 114 Å². The SMILES string of the molecule is COC(=O)[C@H](Cc1ccc(Oc2cc(Cl)nc3c2ccn3COCC[Si](C)(C)C)cn1)NC(=O)OC(C)(C)C. The van der Waals surface area contributed by atoms with E-state index in [9.17, 15) is 9.59 Å². The van der Waals surface area contributed by atoms with Gasteiger partial charge in [-0.05, 0) is 45.0 Å². The summed E-state index contributed by atoms with van der Waals surface area (Å²) in [6, 6.07) is 7.10. The maximum absolute atomic E-state index is 12.2. The number of methoxy groups -OCH3 is 1. The second kappa shape index (κ2) is 12.8. The van der Waals surface area contributed by atoms with Gasteiger partial charge in [-0.25, -0.2) is 14.6 Å².